The Labute approximate surface area is 66.5 Å². The predicted octanol–water partition coefficient (Wildman–Crippen LogP) is 0.929. The molecular weight excluding hydrogens is 210 g/mol. The van der Waals surface area contributed by atoms with Crippen LogP contribution in [-0.4, -0.2) is 29.9 Å². The molecule has 0 saturated carbocycles. The third-order valence-electron chi connectivity index (χ3n) is 0.607. The van der Waals surface area contributed by atoms with Gasteiger partial charge in [0.15, 0.2) is 0 Å². The van der Waals surface area contributed by atoms with Crippen molar-refractivity contribution in [2.75, 3.05) is 0 Å². The van der Waals surface area contributed by atoms with Gasteiger partial charge in [-0.05, 0) is 6.07 Å². The van der Waals surface area contributed by atoms with E-state index >= 15 is 0 Å². The van der Waals surface area contributed by atoms with Crippen molar-refractivity contribution in [2.45, 2.75) is 0 Å². The van der Waals surface area contributed by atoms with Crippen LogP contribution in [-0.2, 0) is 0 Å². The summed E-state index contributed by atoms with van der Waals surface area (Å²) in [5, 5.41) is 0. The first kappa shape index (κ1) is 10.9. The second kappa shape index (κ2) is 7.00. The molecule has 1 N–H and O–H groups in total. The Balaban J connectivity index is 0. The van der Waals surface area contributed by atoms with Gasteiger partial charge in [-0.3, -0.25) is 0 Å². The Morgan fingerprint density at radius 2 is 1.38 bits per heavy atom. The van der Waals surface area contributed by atoms with Gasteiger partial charge >= 0.3 is 0 Å². The standard InChI is InChI=1S/C6H5.H2O.Sb/c1-2-4-6-5-3-1;;/h1-5H;1H2;/p-1. The Hall–Kier alpha value is -0.00182. The minimum absolute atomic E-state index is 0. The molecule has 2 heteroatoms. The minimum Gasteiger partial charge on any atom is -0.870 e. The van der Waals surface area contributed by atoms with E-state index in [9.17, 15) is 0 Å². The molecule has 0 unspecified atom stereocenters. The zero-order valence-electron chi connectivity index (χ0n) is 4.28. The second-order valence-electron chi connectivity index (χ2n) is 1.08. The monoisotopic (exact) mass is 215 g/mol. The van der Waals surface area contributed by atoms with E-state index in [2.05, 4.69) is 6.07 Å². The maximum atomic E-state index is 2.89. The molecule has 4 radical (unpaired) electrons. The van der Waals surface area contributed by atoms with E-state index < -0.39 is 0 Å². The molecule has 0 saturated heterocycles. The van der Waals surface area contributed by atoms with Gasteiger partial charge in [0, 0.05) is 24.4 Å². The molecule has 0 spiro atoms. The van der Waals surface area contributed by atoms with Crippen LogP contribution in [0.5, 0.6) is 0 Å². The van der Waals surface area contributed by atoms with Crippen LogP contribution in [0.3, 0.4) is 0 Å². The molecule has 0 atom stereocenters. The zero-order chi connectivity index (χ0) is 4.24. The van der Waals surface area contributed by atoms with Crippen LogP contribution < -0.4 is 0 Å². The van der Waals surface area contributed by atoms with Crippen LogP contribution in [0.4, 0.5) is 0 Å². The first-order valence-corrected chi connectivity index (χ1v) is 1.91. The van der Waals surface area contributed by atoms with Gasteiger partial charge < -0.3 is 5.48 Å². The molecule has 42 valence electrons. The van der Waals surface area contributed by atoms with Gasteiger partial charge in [0.25, 0.3) is 0 Å². The average Bonchev–Trinajstić information content (AvgIpc) is 1.72. The summed E-state index contributed by atoms with van der Waals surface area (Å²) in [4.78, 5) is 0. The van der Waals surface area contributed by atoms with Crippen molar-refractivity contribution in [3.05, 3.63) is 36.4 Å². The van der Waals surface area contributed by atoms with Crippen molar-refractivity contribution in [1.29, 1.82) is 0 Å². The smallest absolute Gasteiger partial charge is 0 e. The molecule has 0 aliphatic rings. The summed E-state index contributed by atoms with van der Waals surface area (Å²) in [6, 6.07) is 12.5. The SMILES string of the molecule is [OH-].[Sb].[c]1ccccc1. The first-order valence-electron chi connectivity index (χ1n) is 1.91. The summed E-state index contributed by atoms with van der Waals surface area (Å²) in [6.45, 7) is 0. The molecule has 0 aliphatic heterocycles. The fraction of sp³-hybridized carbons (Fsp3) is 0. The maximum absolute atomic E-state index is 2.89. The Morgan fingerprint density at radius 3 is 1.50 bits per heavy atom. The van der Waals surface area contributed by atoms with Crippen molar-refractivity contribution < 1.29 is 5.48 Å². The van der Waals surface area contributed by atoms with E-state index in [1.165, 1.54) is 0 Å². The molecular formula is C6H6OSb-. The number of benzene rings is 1. The normalized spacial score (nSPS) is 6.00. The van der Waals surface area contributed by atoms with Gasteiger partial charge in [-0.2, -0.15) is 0 Å². The van der Waals surface area contributed by atoms with E-state index in [1.54, 1.807) is 0 Å². The molecule has 0 amide bonds. The molecule has 1 rings (SSSR count). The molecule has 0 aromatic heterocycles. The molecule has 0 fully saturated rings. The minimum atomic E-state index is 0. The summed E-state index contributed by atoms with van der Waals surface area (Å²) in [5.74, 6) is 0. The van der Waals surface area contributed by atoms with Crippen LogP contribution in [0, 0.1) is 6.07 Å². The summed E-state index contributed by atoms with van der Waals surface area (Å²) in [5.41, 5.74) is 0. The molecule has 1 nitrogen and oxygen atoms in total. The van der Waals surface area contributed by atoms with Crippen molar-refractivity contribution in [1.82, 2.24) is 0 Å². The number of rotatable bonds is 0. The van der Waals surface area contributed by atoms with Crippen LogP contribution in [0.2, 0.25) is 0 Å². The second-order valence-corrected chi connectivity index (χ2v) is 1.08. The van der Waals surface area contributed by atoms with Crippen molar-refractivity contribution in [2.24, 2.45) is 0 Å². The number of hydrogen-bond acceptors (Lipinski definition) is 1. The van der Waals surface area contributed by atoms with Crippen LogP contribution in [0.1, 0.15) is 0 Å². The van der Waals surface area contributed by atoms with Gasteiger partial charge in [-0.1, -0.05) is 30.3 Å². The van der Waals surface area contributed by atoms with Gasteiger partial charge in [0.1, 0.15) is 0 Å². The Kier molecular flexibility index (Phi) is 9.52. The van der Waals surface area contributed by atoms with E-state index in [-0.39, 0.29) is 29.9 Å². The van der Waals surface area contributed by atoms with Gasteiger partial charge in [0.2, 0.25) is 0 Å². The van der Waals surface area contributed by atoms with Gasteiger partial charge in [-0.15, -0.1) is 0 Å². The van der Waals surface area contributed by atoms with E-state index in [0.29, 0.717) is 0 Å². The molecule has 1 aromatic carbocycles. The van der Waals surface area contributed by atoms with E-state index in [1.807, 2.05) is 30.3 Å². The molecule has 1 aromatic rings. The largest absolute Gasteiger partial charge is 0.870 e. The maximum Gasteiger partial charge on any atom is 0 e. The fourth-order valence-corrected chi connectivity index (χ4v) is 0.342. The Bertz CT molecular complexity index is 80.5. The summed E-state index contributed by atoms with van der Waals surface area (Å²) >= 11 is 0. The fourth-order valence-electron chi connectivity index (χ4n) is 0.342. The predicted molar refractivity (Wildman–Crippen MR) is 33.0 cm³/mol. The molecule has 0 heterocycles. The third kappa shape index (κ3) is 4.16. The summed E-state index contributed by atoms with van der Waals surface area (Å²) in [7, 11) is 0. The third-order valence-corrected chi connectivity index (χ3v) is 0.607. The Morgan fingerprint density at radius 1 is 0.875 bits per heavy atom. The van der Waals surface area contributed by atoms with Gasteiger partial charge in [0.05, 0.1) is 0 Å². The first-order chi connectivity index (χ1) is 3.00. The number of hydrogen-bond donors (Lipinski definition) is 0. The van der Waals surface area contributed by atoms with Crippen molar-refractivity contribution in [3.8, 4) is 0 Å². The molecule has 0 bridgehead atoms. The average molecular weight is 216 g/mol. The quantitative estimate of drug-likeness (QED) is 0.593. The van der Waals surface area contributed by atoms with Crippen LogP contribution in [0.25, 0.3) is 0 Å². The summed E-state index contributed by atoms with van der Waals surface area (Å²) in [6.07, 6.45) is 0. The van der Waals surface area contributed by atoms with Crippen LogP contribution >= 0.6 is 0 Å². The van der Waals surface area contributed by atoms with E-state index in [4.69, 9.17) is 0 Å². The topological polar surface area (TPSA) is 30.0 Å². The van der Waals surface area contributed by atoms with Crippen molar-refractivity contribution >= 4 is 24.4 Å². The van der Waals surface area contributed by atoms with E-state index in [0.717, 1.165) is 0 Å². The molecule has 8 heavy (non-hydrogen) atoms. The van der Waals surface area contributed by atoms with Gasteiger partial charge in [-0.25, -0.2) is 0 Å². The summed E-state index contributed by atoms with van der Waals surface area (Å²) < 4.78 is 0. The van der Waals surface area contributed by atoms with Crippen LogP contribution in [0.15, 0.2) is 30.3 Å². The van der Waals surface area contributed by atoms with Crippen molar-refractivity contribution in [3.63, 3.8) is 0 Å². The zero-order valence-corrected chi connectivity index (χ0v) is 6.83. The molecule has 0 aliphatic carbocycles.